The number of ether oxygens (including phenoxy) is 1. The number of benzene rings is 1. The van der Waals surface area contributed by atoms with Gasteiger partial charge in [-0.2, -0.15) is 0 Å². The average Bonchev–Trinajstić information content (AvgIpc) is 2.29. The first-order valence-electron chi connectivity index (χ1n) is 5.59. The Balaban J connectivity index is 2.64. The Hall–Kier alpha value is -1.07. The highest BCUT2D eigenvalue weighted by Crippen LogP contribution is 2.15. The highest BCUT2D eigenvalue weighted by atomic mass is 35.5. The number of hydrogen-bond donors (Lipinski definition) is 0. The molecule has 0 fully saturated rings. The SMILES string of the molecule is CCCCOC(=O)CS(=O)(=O)c1ccc(Cl)cc1. The van der Waals surface area contributed by atoms with Crippen LogP contribution in [0.1, 0.15) is 19.8 Å². The lowest BCUT2D eigenvalue weighted by Gasteiger charge is -2.05. The molecule has 0 heterocycles. The van der Waals surface area contributed by atoms with E-state index in [2.05, 4.69) is 0 Å². The molecule has 0 saturated carbocycles. The van der Waals surface area contributed by atoms with Crippen molar-refractivity contribution in [2.45, 2.75) is 24.7 Å². The molecule has 1 aromatic carbocycles. The molecule has 18 heavy (non-hydrogen) atoms. The molecule has 0 atom stereocenters. The zero-order valence-electron chi connectivity index (χ0n) is 10.1. The molecule has 1 rings (SSSR count). The summed E-state index contributed by atoms with van der Waals surface area (Å²) >= 11 is 5.67. The number of sulfone groups is 1. The Morgan fingerprint density at radius 1 is 1.28 bits per heavy atom. The van der Waals surface area contributed by atoms with Crippen LogP contribution >= 0.6 is 11.6 Å². The van der Waals surface area contributed by atoms with Gasteiger partial charge in [0.2, 0.25) is 0 Å². The Kier molecular flexibility index (Phi) is 5.62. The number of carbonyl (C=O) groups is 1. The van der Waals surface area contributed by atoms with Gasteiger partial charge in [-0.05, 0) is 30.7 Å². The summed E-state index contributed by atoms with van der Waals surface area (Å²) in [7, 11) is -3.65. The van der Waals surface area contributed by atoms with Crippen molar-refractivity contribution in [2.75, 3.05) is 12.4 Å². The van der Waals surface area contributed by atoms with Crippen LogP contribution in [0.25, 0.3) is 0 Å². The fourth-order valence-electron chi connectivity index (χ4n) is 1.25. The second-order valence-electron chi connectivity index (χ2n) is 3.79. The standard InChI is InChI=1S/C12H15ClO4S/c1-2-3-8-17-12(14)9-18(15,16)11-6-4-10(13)5-7-11/h4-7H,2-3,8-9H2,1H3. The van der Waals surface area contributed by atoms with Crippen molar-refractivity contribution in [3.8, 4) is 0 Å². The number of rotatable bonds is 6. The van der Waals surface area contributed by atoms with Crippen LogP contribution in [-0.2, 0) is 19.4 Å². The smallest absolute Gasteiger partial charge is 0.321 e. The predicted molar refractivity (Wildman–Crippen MR) is 69.4 cm³/mol. The van der Waals surface area contributed by atoms with Crippen LogP contribution in [0, 0.1) is 0 Å². The highest BCUT2D eigenvalue weighted by Gasteiger charge is 2.20. The fourth-order valence-corrected chi connectivity index (χ4v) is 2.49. The molecule has 100 valence electrons. The van der Waals surface area contributed by atoms with Gasteiger partial charge in [-0.3, -0.25) is 4.79 Å². The molecule has 1 aromatic rings. The quantitative estimate of drug-likeness (QED) is 0.596. The van der Waals surface area contributed by atoms with Crippen LogP contribution in [0.2, 0.25) is 5.02 Å². The van der Waals surface area contributed by atoms with E-state index in [0.29, 0.717) is 5.02 Å². The fraction of sp³-hybridized carbons (Fsp3) is 0.417. The zero-order valence-corrected chi connectivity index (χ0v) is 11.6. The van der Waals surface area contributed by atoms with Crippen molar-refractivity contribution in [3.63, 3.8) is 0 Å². The van der Waals surface area contributed by atoms with Gasteiger partial charge in [0, 0.05) is 5.02 Å². The first-order valence-corrected chi connectivity index (χ1v) is 7.62. The molecule has 0 aliphatic heterocycles. The van der Waals surface area contributed by atoms with E-state index in [9.17, 15) is 13.2 Å². The minimum Gasteiger partial charge on any atom is -0.465 e. The monoisotopic (exact) mass is 290 g/mol. The van der Waals surface area contributed by atoms with E-state index >= 15 is 0 Å². The lowest BCUT2D eigenvalue weighted by molar-refractivity contribution is -0.140. The van der Waals surface area contributed by atoms with Crippen molar-refractivity contribution in [1.29, 1.82) is 0 Å². The molecule has 6 heteroatoms. The molecule has 0 radical (unpaired) electrons. The number of unbranched alkanes of at least 4 members (excludes halogenated alkanes) is 1. The van der Waals surface area contributed by atoms with Gasteiger partial charge in [0.1, 0.15) is 0 Å². The number of carbonyl (C=O) groups excluding carboxylic acids is 1. The molecule has 0 saturated heterocycles. The Morgan fingerprint density at radius 2 is 1.89 bits per heavy atom. The van der Waals surface area contributed by atoms with E-state index in [1.54, 1.807) is 0 Å². The molecule has 0 N–H and O–H groups in total. The van der Waals surface area contributed by atoms with Crippen LogP contribution in [0.4, 0.5) is 0 Å². The Morgan fingerprint density at radius 3 is 2.44 bits per heavy atom. The maximum atomic E-state index is 11.8. The van der Waals surface area contributed by atoms with Gasteiger partial charge in [-0.1, -0.05) is 24.9 Å². The van der Waals surface area contributed by atoms with Gasteiger partial charge in [-0.25, -0.2) is 8.42 Å². The zero-order chi connectivity index (χ0) is 13.6. The second kappa shape index (κ2) is 6.75. The minimum absolute atomic E-state index is 0.0688. The van der Waals surface area contributed by atoms with Gasteiger partial charge >= 0.3 is 5.97 Å². The van der Waals surface area contributed by atoms with Crippen molar-refractivity contribution >= 4 is 27.4 Å². The third kappa shape index (κ3) is 4.66. The maximum absolute atomic E-state index is 11.8. The second-order valence-corrected chi connectivity index (χ2v) is 6.21. The molecule has 0 unspecified atom stereocenters. The number of hydrogen-bond acceptors (Lipinski definition) is 4. The van der Waals surface area contributed by atoms with Crippen LogP contribution in [0.5, 0.6) is 0 Å². The van der Waals surface area contributed by atoms with E-state index in [4.69, 9.17) is 16.3 Å². The average molecular weight is 291 g/mol. The summed E-state index contributed by atoms with van der Waals surface area (Å²) in [6.07, 6.45) is 1.62. The van der Waals surface area contributed by atoms with Crippen molar-refractivity contribution in [3.05, 3.63) is 29.3 Å². The third-order valence-electron chi connectivity index (χ3n) is 2.24. The summed E-state index contributed by atoms with van der Waals surface area (Å²) in [5.41, 5.74) is 0. The van der Waals surface area contributed by atoms with Gasteiger partial charge in [-0.15, -0.1) is 0 Å². The van der Waals surface area contributed by atoms with Crippen molar-refractivity contribution in [2.24, 2.45) is 0 Å². The van der Waals surface area contributed by atoms with Gasteiger partial charge in [0.15, 0.2) is 15.6 Å². The summed E-state index contributed by atoms with van der Waals surface area (Å²) < 4.78 is 28.5. The van der Waals surface area contributed by atoms with Crippen molar-refractivity contribution in [1.82, 2.24) is 0 Å². The molecule has 0 spiro atoms. The lowest BCUT2D eigenvalue weighted by Crippen LogP contribution is -2.19. The van der Waals surface area contributed by atoms with E-state index in [1.807, 2.05) is 6.92 Å². The summed E-state index contributed by atoms with van der Waals surface area (Å²) in [5.74, 6) is -1.36. The molecule has 0 aliphatic carbocycles. The largest absolute Gasteiger partial charge is 0.465 e. The van der Waals surface area contributed by atoms with Crippen molar-refractivity contribution < 1.29 is 17.9 Å². The molecule has 4 nitrogen and oxygen atoms in total. The molecule has 0 aliphatic rings. The summed E-state index contributed by atoms with van der Waals surface area (Å²) in [5, 5.41) is 0.444. The lowest BCUT2D eigenvalue weighted by atomic mass is 10.4. The van der Waals surface area contributed by atoms with Crippen LogP contribution < -0.4 is 0 Å². The van der Waals surface area contributed by atoms with Crippen LogP contribution in [-0.4, -0.2) is 26.7 Å². The molecule has 0 aromatic heterocycles. The topological polar surface area (TPSA) is 60.4 Å². The van der Waals surface area contributed by atoms with E-state index < -0.39 is 21.6 Å². The predicted octanol–water partition coefficient (Wildman–Crippen LogP) is 2.46. The van der Waals surface area contributed by atoms with Crippen LogP contribution in [0.3, 0.4) is 0 Å². The molecule has 0 bridgehead atoms. The number of esters is 1. The third-order valence-corrected chi connectivity index (χ3v) is 4.10. The molecular weight excluding hydrogens is 276 g/mol. The minimum atomic E-state index is -3.65. The summed E-state index contributed by atoms with van der Waals surface area (Å²) in [6.45, 7) is 2.21. The highest BCUT2D eigenvalue weighted by molar-refractivity contribution is 7.92. The Bertz CT molecular complexity index is 493. The van der Waals surface area contributed by atoms with Crippen LogP contribution in [0.15, 0.2) is 29.2 Å². The Labute approximate surface area is 112 Å². The summed E-state index contributed by atoms with van der Waals surface area (Å²) in [4.78, 5) is 11.4. The number of halogens is 1. The maximum Gasteiger partial charge on any atom is 0.321 e. The molecule has 0 amide bonds. The first kappa shape index (κ1) is 15.0. The van der Waals surface area contributed by atoms with Gasteiger partial charge < -0.3 is 4.74 Å². The molecular formula is C12H15ClO4S. The first-order chi connectivity index (χ1) is 8.45. The van der Waals surface area contributed by atoms with E-state index in [1.165, 1.54) is 24.3 Å². The van der Waals surface area contributed by atoms with E-state index in [0.717, 1.165) is 12.8 Å². The van der Waals surface area contributed by atoms with Gasteiger partial charge in [0.25, 0.3) is 0 Å². The van der Waals surface area contributed by atoms with E-state index in [-0.39, 0.29) is 11.5 Å². The van der Waals surface area contributed by atoms with Gasteiger partial charge in [0.05, 0.1) is 11.5 Å². The normalized spacial score (nSPS) is 11.2. The summed E-state index contributed by atoms with van der Waals surface area (Å²) in [6, 6.07) is 5.68.